The van der Waals surface area contributed by atoms with Crippen LogP contribution in [-0.2, 0) is 6.42 Å². The van der Waals surface area contributed by atoms with E-state index in [2.05, 4.69) is 43.3 Å². The Morgan fingerprint density at radius 2 is 2.04 bits per heavy atom. The molecule has 0 aliphatic carbocycles. The molecule has 0 radical (unpaired) electrons. The zero-order chi connectivity index (χ0) is 17.1. The van der Waals surface area contributed by atoms with E-state index in [9.17, 15) is 5.11 Å². The summed E-state index contributed by atoms with van der Waals surface area (Å²) in [7, 11) is 0. The van der Waals surface area contributed by atoms with Crippen LogP contribution in [0, 0.1) is 12.3 Å². The van der Waals surface area contributed by atoms with Crippen molar-refractivity contribution in [3.63, 3.8) is 0 Å². The van der Waals surface area contributed by atoms with Gasteiger partial charge in [0.05, 0.1) is 5.01 Å². The molecule has 6 heteroatoms. The predicted molar refractivity (Wildman–Crippen MR) is 99.3 cm³/mol. The van der Waals surface area contributed by atoms with Crippen LogP contribution < -0.4 is 10.6 Å². The molecule has 1 aromatic rings. The number of aryl methyl sites for hydroxylation is 1. The fourth-order valence-corrected chi connectivity index (χ4v) is 3.32. The molecule has 5 nitrogen and oxygen atoms in total. The molecule has 0 bridgehead atoms. The minimum Gasteiger partial charge on any atom is -0.396 e. The summed E-state index contributed by atoms with van der Waals surface area (Å²) in [5.41, 5.74) is 0.101. The number of hydrogen-bond acceptors (Lipinski definition) is 4. The Bertz CT molecular complexity index is 469. The fourth-order valence-electron chi connectivity index (χ4n) is 2.54. The first kappa shape index (κ1) is 19.9. The van der Waals surface area contributed by atoms with Gasteiger partial charge < -0.3 is 15.7 Å². The summed E-state index contributed by atoms with van der Waals surface area (Å²) >= 11 is 1.75. The summed E-state index contributed by atoms with van der Waals surface area (Å²) in [6, 6.07) is 0. The van der Waals surface area contributed by atoms with Gasteiger partial charge in [0.1, 0.15) is 0 Å². The third-order valence-electron chi connectivity index (χ3n) is 4.36. The topological polar surface area (TPSA) is 69.5 Å². The molecule has 1 heterocycles. The van der Waals surface area contributed by atoms with E-state index in [1.54, 1.807) is 11.3 Å². The Kier molecular flexibility index (Phi) is 9.17. The van der Waals surface area contributed by atoms with E-state index in [1.807, 2.05) is 6.20 Å². The summed E-state index contributed by atoms with van der Waals surface area (Å²) in [5, 5.41) is 17.2. The third kappa shape index (κ3) is 6.87. The van der Waals surface area contributed by atoms with Gasteiger partial charge in [0.2, 0.25) is 0 Å². The van der Waals surface area contributed by atoms with Crippen molar-refractivity contribution in [1.82, 2.24) is 15.6 Å². The lowest BCUT2D eigenvalue weighted by Gasteiger charge is -2.29. The number of hydrogen-bond donors (Lipinski definition) is 3. The van der Waals surface area contributed by atoms with Crippen LogP contribution in [0.1, 0.15) is 49.9 Å². The van der Waals surface area contributed by atoms with Crippen molar-refractivity contribution in [1.29, 1.82) is 0 Å². The largest absolute Gasteiger partial charge is 0.396 e. The monoisotopic (exact) mass is 340 g/mol. The molecule has 0 amide bonds. The molecule has 132 valence electrons. The van der Waals surface area contributed by atoms with E-state index >= 15 is 0 Å². The van der Waals surface area contributed by atoms with Gasteiger partial charge in [-0.2, -0.15) is 0 Å². The van der Waals surface area contributed by atoms with Crippen molar-refractivity contribution in [3.05, 3.63) is 16.1 Å². The van der Waals surface area contributed by atoms with Crippen molar-refractivity contribution in [2.75, 3.05) is 26.2 Å². The second kappa shape index (κ2) is 10.6. The second-order valence-electron chi connectivity index (χ2n) is 5.92. The van der Waals surface area contributed by atoms with Crippen LogP contribution in [0.4, 0.5) is 0 Å². The van der Waals surface area contributed by atoms with E-state index in [1.165, 1.54) is 4.88 Å². The maximum atomic E-state index is 9.32. The minimum absolute atomic E-state index is 0.101. The zero-order valence-corrected chi connectivity index (χ0v) is 15.8. The number of aliphatic hydroxyl groups excluding tert-OH is 1. The Hall–Kier alpha value is -1.14. The standard InChI is InChI=1S/C17H32N4OS/c1-5-17(6-2,9-11-22)13-21-16(18-7-3)19-10-8-15-20-12-14(4)23-15/h12,22H,5-11,13H2,1-4H3,(H2,18,19,21). The van der Waals surface area contributed by atoms with E-state index in [-0.39, 0.29) is 12.0 Å². The highest BCUT2D eigenvalue weighted by atomic mass is 32.1. The molecule has 0 saturated heterocycles. The third-order valence-corrected chi connectivity index (χ3v) is 5.33. The van der Waals surface area contributed by atoms with Gasteiger partial charge in [-0.05, 0) is 38.5 Å². The second-order valence-corrected chi connectivity index (χ2v) is 7.24. The molecule has 1 aromatic heterocycles. The first-order valence-electron chi connectivity index (χ1n) is 8.63. The molecule has 0 atom stereocenters. The van der Waals surface area contributed by atoms with Crippen LogP contribution in [0.2, 0.25) is 0 Å². The van der Waals surface area contributed by atoms with Gasteiger partial charge in [-0.3, -0.25) is 4.99 Å². The smallest absolute Gasteiger partial charge is 0.191 e. The normalized spacial score (nSPS) is 12.5. The predicted octanol–water partition coefficient (Wildman–Crippen LogP) is 2.74. The first-order chi connectivity index (χ1) is 11.1. The zero-order valence-electron chi connectivity index (χ0n) is 15.0. The average Bonchev–Trinajstić information content (AvgIpc) is 2.96. The molecular formula is C17H32N4OS. The summed E-state index contributed by atoms with van der Waals surface area (Å²) in [6.45, 7) is 11.1. The number of aliphatic imine (C=N–C) groups is 1. The van der Waals surface area contributed by atoms with Crippen LogP contribution in [0.25, 0.3) is 0 Å². The molecule has 0 unspecified atom stereocenters. The van der Waals surface area contributed by atoms with Crippen LogP contribution in [0.5, 0.6) is 0 Å². The number of aliphatic hydroxyl groups is 1. The van der Waals surface area contributed by atoms with Crippen molar-refractivity contribution in [2.24, 2.45) is 10.4 Å². The highest BCUT2D eigenvalue weighted by Crippen LogP contribution is 2.30. The van der Waals surface area contributed by atoms with Crippen LogP contribution >= 0.6 is 11.3 Å². The van der Waals surface area contributed by atoms with Gasteiger partial charge >= 0.3 is 0 Å². The lowest BCUT2D eigenvalue weighted by Crippen LogP contribution is -2.39. The molecule has 1 rings (SSSR count). The highest BCUT2D eigenvalue weighted by molar-refractivity contribution is 7.11. The Labute approximate surface area is 144 Å². The van der Waals surface area contributed by atoms with Gasteiger partial charge in [0, 0.05) is 43.7 Å². The fraction of sp³-hybridized carbons (Fsp3) is 0.765. The molecule has 0 aromatic carbocycles. The molecule has 0 spiro atoms. The van der Waals surface area contributed by atoms with E-state index in [0.29, 0.717) is 0 Å². The molecule has 0 aliphatic heterocycles. The van der Waals surface area contributed by atoms with Gasteiger partial charge in [-0.25, -0.2) is 4.98 Å². The molecule has 23 heavy (non-hydrogen) atoms. The summed E-state index contributed by atoms with van der Waals surface area (Å²) in [5.74, 6) is 0.852. The number of nitrogens with one attached hydrogen (secondary N) is 2. The van der Waals surface area contributed by atoms with Crippen LogP contribution in [0.15, 0.2) is 11.2 Å². The molecule has 0 aliphatic rings. The van der Waals surface area contributed by atoms with Gasteiger partial charge in [0.15, 0.2) is 5.96 Å². The van der Waals surface area contributed by atoms with E-state index in [0.717, 1.165) is 56.3 Å². The lowest BCUT2D eigenvalue weighted by molar-refractivity contribution is 0.175. The maximum absolute atomic E-state index is 9.32. The SMILES string of the molecule is CCNC(=NCC(CC)(CC)CCO)NCCc1ncc(C)s1. The summed E-state index contributed by atoms with van der Waals surface area (Å²) in [4.78, 5) is 10.4. The molecule has 3 N–H and O–H groups in total. The van der Waals surface area contributed by atoms with Gasteiger partial charge in [-0.1, -0.05) is 13.8 Å². The number of rotatable bonds is 10. The molecular weight excluding hydrogens is 308 g/mol. The van der Waals surface area contributed by atoms with Crippen molar-refractivity contribution in [2.45, 2.75) is 53.4 Å². The van der Waals surface area contributed by atoms with Crippen LogP contribution in [-0.4, -0.2) is 42.3 Å². The summed E-state index contributed by atoms with van der Waals surface area (Å²) < 4.78 is 0. The van der Waals surface area contributed by atoms with Crippen molar-refractivity contribution < 1.29 is 5.11 Å². The average molecular weight is 341 g/mol. The number of aromatic nitrogens is 1. The van der Waals surface area contributed by atoms with Gasteiger partial charge in [-0.15, -0.1) is 11.3 Å². The van der Waals surface area contributed by atoms with E-state index in [4.69, 9.17) is 4.99 Å². The van der Waals surface area contributed by atoms with E-state index < -0.39 is 0 Å². The van der Waals surface area contributed by atoms with Crippen LogP contribution in [0.3, 0.4) is 0 Å². The summed E-state index contributed by atoms with van der Waals surface area (Å²) in [6.07, 6.45) is 5.70. The van der Waals surface area contributed by atoms with Gasteiger partial charge in [0.25, 0.3) is 0 Å². The molecule has 0 fully saturated rings. The minimum atomic E-state index is 0.101. The quantitative estimate of drug-likeness (QED) is 0.452. The highest BCUT2D eigenvalue weighted by Gasteiger charge is 2.25. The lowest BCUT2D eigenvalue weighted by atomic mass is 9.79. The van der Waals surface area contributed by atoms with Crippen molar-refractivity contribution in [3.8, 4) is 0 Å². The molecule has 0 saturated carbocycles. The number of thiazole rings is 1. The Morgan fingerprint density at radius 3 is 2.57 bits per heavy atom. The number of nitrogens with zero attached hydrogens (tertiary/aromatic N) is 2. The number of guanidine groups is 1. The Morgan fingerprint density at radius 1 is 1.30 bits per heavy atom. The van der Waals surface area contributed by atoms with Crippen molar-refractivity contribution >= 4 is 17.3 Å². The maximum Gasteiger partial charge on any atom is 0.191 e. The Balaban J connectivity index is 2.57. The first-order valence-corrected chi connectivity index (χ1v) is 9.45.